The first kappa shape index (κ1) is 29.7. The van der Waals surface area contributed by atoms with Crippen LogP contribution in [0.3, 0.4) is 0 Å². The van der Waals surface area contributed by atoms with Crippen LogP contribution in [0.25, 0.3) is 0 Å². The van der Waals surface area contributed by atoms with E-state index in [9.17, 15) is 22.4 Å². The van der Waals surface area contributed by atoms with E-state index in [1.54, 1.807) is 25.1 Å². The number of likely N-dealkylation sites (N-methyl/N-ethyl adjacent to an activating group) is 1. The van der Waals surface area contributed by atoms with Gasteiger partial charge in [0.2, 0.25) is 11.8 Å². The van der Waals surface area contributed by atoms with Gasteiger partial charge >= 0.3 is 0 Å². The normalized spacial score (nSPS) is 12.1. The van der Waals surface area contributed by atoms with E-state index in [2.05, 4.69) is 5.32 Å². The molecule has 0 aliphatic heterocycles. The van der Waals surface area contributed by atoms with Gasteiger partial charge in [0.15, 0.2) is 0 Å². The molecule has 0 bridgehead atoms. The third-order valence-corrected chi connectivity index (χ3v) is 8.34. The van der Waals surface area contributed by atoms with E-state index in [0.717, 1.165) is 16.4 Å². The number of benzene rings is 3. The van der Waals surface area contributed by atoms with Crippen LogP contribution in [0.5, 0.6) is 0 Å². The van der Waals surface area contributed by atoms with Crippen molar-refractivity contribution in [3.8, 4) is 0 Å². The molecule has 0 saturated carbocycles. The average molecular weight is 601 g/mol. The second kappa shape index (κ2) is 12.8. The summed E-state index contributed by atoms with van der Waals surface area (Å²) in [5.74, 6) is -1.88. The number of sulfonamides is 1. The molecule has 0 aliphatic carbocycles. The Morgan fingerprint density at radius 3 is 2.26 bits per heavy atom. The highest BCUT2D eigenvalue weighted by atomic mass is 35.5. The number of nitrogens with zero attached hydrogens (tertiary/aromatic N) is 2. The van der Waals surface area contributed by atoms with Crippen LogP contribution >= 0.6 is 34.8 Å². The summed E-state index contributed by atoms with van der Waals surface area (Å²) in [4.78, 5) is 27.6. The molecule has 3 aromatic rings. The molecule has 3 aromatic carbocycles. The number of amides is 2. The third-order valence-electron chi connectivity index (χ3n) is 5.68. The number of hydrogen-bond acceptors (Lipinski definition) is 4. The predicted molar refractivity (Wildman–Crippen MR) is 148 cm³/mol. The molecule has 0 unspecified atom stereocenters. The number of anilines is 1. The van der Waals surface area contributed by atoms with Gasteiger partial charge in [0.1, 0.15) is 18.4 Å². The molecule has 3 rings (SSSR count). The average Bonchev–Trinajstić information content (AvgIpc) is 2.88. The molecule has 0 aromatic heterocycles. The van der Waals surface area contributed by atoms with E-state index in [-0.39, 0.29) is 27.2 Å². The van der Waals surface area contributed by atoms with Crippen LogP contribution in [0.2, 0.25) is 15.1 Å². The fourth-order valence-electron chi connectivity index (χ4n) is 3.63. The molecule has 0 fully saturated rings. The lowest BCUT2D eigenvalue weighted by Gasteiger charge is -2.32. The molecule has 0 saturated heterocycles. The molecule has 38 heavy (non-hydrogen) atoms. The van der Waals surface area contributed by atoms with Crippen molar-refractivity contribution >= 4 is 62.3 Å². The van der Waals surface area contributed by atoms with Crippen molar-refractivity contribution in [3.05, 3.63) is 93.2 Å². The SMILES string of the molecule is CCNC(=O)[C@@H](C)N(Cc1ccc(Cl)cc1Cl)C(=O)CN(c1ccc(F)c(Cl)c1)S(=O)(=O)c1ccccc1. The lowest BCUT2D eigenvalue weighted by molar-refractivity contribution is -0.139. The van der Waals surface area contributed by atoms with Gasteiger partial charge in [-0.1, -0.05) is 59.1 Å². The number of carbonyl (C=O) groups excluding carboxylic acids is 2. The monoisotopic (exact) mass is 599 g/mol. The van der Waals surface area contributed by atoms with Gasteiger partial charge in [0, 0.05) is 23.1 Å². The van der Waals surface area contributed by atoms with Gasteiger partial charge in [-0.3, -0.25) is 13.9 Å². The fraction of sp³-hybridized carbons (Fsp3) is 0.231. The summed E-state index contributed by atoms with van der Waals surface area (Å²) < 4.78 is 42.0. The molecule has 1 N–H and O–H groups in total. The Hall–Kier alpha value is -2.85. The van der Waals surface area contributed by atoms with E-state index in [0.29, 0.717) is 17.1 Å². The standard InChI is InChI=1S/C26H25Cl3FN3O4S/c1-3-31-26(35)17(2)32(15-18-9-10-19(27)13-22(18)28)25(34)16-33(20-11-12-24(30)23(29)14-20)38(36,37)21-7-5-4-6-8-21/h4-14,17H,3,15-16H2,1-2H3,(H,31,35)/t17-/m1/s1. The Bertz CT molecular complexity index is 1420. The third kappa shape index (κ3) is 6.96. The quantitative estimate of drug-likeness (QED) is 0.331. The Balaban J connectivity index is 2.06. The molecule has 0 aliphatic rings. The lowest BCUT2D eigenvalue weighted by Crippen LogP contribution is -2.51. The van der Waals surface area contributed by atoms with E-state index in [4.69, 9.17) is 34.8 Å². The topological polar surface area (TPSA) is 86.8 Å². The second-order valence-corrected chi connectivity index (χ2v) is 11.4. The highest BCUT2D eigenvalue weighted by molar-refractivity contribution is 7.92. The first-order valence-electron chi connectivity index (χ1n) is 11.5. The summed E-state index contributed by atoms with van der Waals surface area (Å²) in [7, 11) is -4.29. The maximum atomic E-state index is 13.9. The van der Waals surface area contributed by atoms with Gasteiger partial charge in [-0.2, -0.15) is 0 Å². The van der Waals surface area contributed by atoms with Crippen LogP contribution in [0.1, 0.15) is 19.4 Å². The smallest absolute Gasteiger partial charge is 0.264 e. The highest BCUT2D eigenvalue weighted by Gasteiger charge is 2.33. The predicted octanol–water partition coefficient (Wildman–Crippen LogP) is 5.53. The molecule has 1 atom stereocenters. The van der Waals surface area contributed by atoms with Gasteiger partial charge in [-0.05, 0) is 61.9 Å². The number of hydrogen-bond donors (Lipinski definition) is 1. The maximum absolute atomic E-state index is 13.9. The van der Waals surface area contributed by atoms with Crippen molar-refractivity contribution in [3.63, 3.8) is 0 Å². The number of rotatable bonds is 10. The van der Waals surface area contributed by atoms with Crippen LogP contribution < -0.4 is 9.62 Å². The van der Waals surface area contributed by atoms with E-state index >= 15 is 0 Å². The van der Waals surface area contributed by atoms with Gasteiger partial charge in [0.05, 0.1) is 15.6 Å². The van der Waals surface area contributed by atoms with Gasteiger partial charge in [-0.15, -0.1) is 0 Å². The molecule has 2 amide bonds. The molecular weight excluding hydrogens is 576 g/mol. The lowest BCUT2D eigenvalue weighted by atomic mass is 10.1. The van der Waals surface area contributed by atoms with Gasteiger partial charge in [0.25, 0.3) is 10.0 Å². The zero-order valence-corrected chi connectivity index (χ0v) is 23.6. The Morgan fingerprint density at radius 2 is 1.66 bits per heavy atom. The van der Waals surface area contributed by atoms with E-state index in [1.807, 2.05) is 0 Å². The maximum Gasteiger partial charge on any atom is 0.264 e. The molecule has 0 radical (unpaired) electrons. The summed E-state index contributed by atoms with van der Waals surface area (Å²) >= 11 is 18.3. The van der Waals surface area contributed by atoms with Crippen LogP contribution in [-0.2, 0) is 26.2 Å². The highest BCUT2D eigenvalue weighted by Crippen LogP contribution is 2.29. The summed E-state index contributed by atoms with van der Waals surface area (Å²) in [6.07, 6.45) is 0. The Kier molecular flexibility index (Phi) is 10.0. The van der Waals surface area contributed by atoms with Crippen molar-refractivity contribution in [1.29, 1.82) is 0 Å². The Morgan fingerprint density at radius 1 is 0.974 bits per heavy atom. The van der Waals surface area contributed by atoms with Crippen molar-refractivity contribution in [2.45, 2.75) is 31.3 Å². The first-order valence-corrected chi connectivity index (χ1v) is 14.1. The van der Waals surface area contributed by atoms with Crippen LogP contribution in [0, 0.1) is 5.82 Å². The van der Waals surface area contributed by atoms with Crippen LogP contribution in [-0.4, -0.2) is 44.3 Å². The second-order valence-electron chi connectivity index (χ2n) is 8.25. The van der Waals surface area contributed by atoms with Crippen molar-refractivity contribution in [2.75, 3.05) is 17.4 Å². The molecule has 12 heteroatoms. The molecule has 0 heterocycles. The van der Waals surface area contributed by atoms with Crippen LogP contribution in [0.4, 0.5) is 10.1 Å². The summed E-state index contributed by atoms with van der Waals surface area (Å²) in [5.41, 5.74) is 0.478. The minimum atomic E-state index is -4.29. The van der Waals surface area contributed by atoms with E-state index in [1.165, 1.54) is 48.2 Å². The van der Waals surface area contributed by atoms with Crippen molar-refractivity contribution in [1.82, 2.24) is 10.2 Å². The minimum absolute atomic E-state index is 0.0243. The van der Waals surface area contributed by atoms with Gasteiger partial charge < -0.3 is 10.2 Å². The molecule has 202 valence electrons. The van der Waals surface area contributed by atoms with Crippen molar-refractivity contribution in [2.24, 2.45) is 0 Å². The van der Waals surface area contributed by atoms with E-state index < -0.39 is 40.2 Å². The van der Waals surface area contributed by atoms with Gasteiger partial charge in [-0.25, -0.2) is 12.8 Å². The van der Waals surface area contributed by atoms with Crippen LogP contribution in [0.15, 0.2) is 71.6 Å². The first-order chi connectivity index (χ1) is 17.9. The molecular formula is C26H25Cl3FN3O4S. The zero-order chi connectivity index (χ0) is 28.0. The minimum Gasteiger partial charge on any atom is -0.355 e. The van der Waals surface area contributed by atoms with Crippen molar-refractivity contribution < 1.29 is 22.4 Å². The molecule has 7 nitrogen and oxygen atoms in total. The zero-order valence-electron chi connectivity index (χ0n) is 20.5. The largest absolute Gasteiger partial charge is 0.355 e. The summed E-state index contributed by atoms with van der Waals surface area (Å²) in [6, 6.07) is 14.6. The fourth-order valence-corrected chi connectivity index (χ4v) is 5.70. The molecule has 0 spiro atoms. The summed E-state index contributed by atoms with van der Waals surface area (Å²) in [6.45, 7) is 2.79. The number of nitrogens with one attached hydrogen (secondary N) is 1. The number of halogens is 4. The number of carbonyl (C=O) groups is 2. The Labute approximate surface area is 236 Å². The summed E-state index contributed by atoms with van der Waals surface area (Å²) in [5, 5.41) is 3.02.